The van der Waals surface area contributed by atoms with Crippen LogP contribution in [0.4, 0.5) is 0 Å². The number of nitrogens with zero attached hydrogens (tertiary/aromatic N) is 1. The van der Waals surface area contributed by atoms with Crippen molar-refractivity contribution in [2.75, 3.05) is 19.7 Å². The van der Waals surface area contributed by atoms with Crippen LogP contribution in [0.1, 0.15) is 71.6 Å². The molecule has 1 aliphatic heterocycles. The summed E-state index contributed by atoms with van der Waals surface area (Å²) in [4.78, 5) is 25.7. The van der Waals surface area contributed by atoms with E-state index in [-0.39, 0.29) is 11.9 Å². The first kappa shape index (κ1) is 18.7. The van der Waals surface area contributed by atoms with Crippen molar-refractivity contribution in [2.45, 2.75) is 71.6 Å². The van der Waals surface area contributed by atoms with E-state index in [1.807, 2.05) is 4.90 Å². The van der Waals surface area contributed by atoms with Gasteiger partial charge in [0.25, 0.3) is 0 Å². The molecule has 0 aromatic rings. The minimum absolute atomic E-state index is 0.177. The molecule has 0 radical (unpaired) electrons. The van der Waals surface area contributed by atoms with Gasteiger partial charge in [0, 0.05) is 19.5 Å². The molecular formula is C18H31NO3. The van der Waals surface area contributed by atoms with Gasteiger partial charge in [-0.3, -0.25) is 9.59 Å². The fourth-order valence-electron chi connectivity index (χ4n) is 2.69. The van der Waals surface area contributed by atoms with Crippen LogP contribution in [0.5, 0.6) is 0 Å². The van der Waals surface area contributed by atoms with Crippen LogP contribution in [0.3, 0.4) is 0 Å². The molecule has 1 amide bonds. The molecule has 0 saturated heterocycles. The minimum atomic E-state index is -0.217. The van der Waals surface area contributed by atoms with Crippen molar-refractivity contribution in [1.29, 1.82) is 0 Å². The molecule has 0 fully saturated rings. The molecule has 0 bridgehead atoms. The molecule has 4 nitrogen and oxygen atoms in total. The van der Waals surface area contributed by atoms with Crippen LogP contribution in [0, 0.1) is 0 Å². The molecule has 22 heavy (non-hydrogen) atoms. The largest absolute Gasteiger partial charge is 0.466 e. The predicted octanol–water partition coefficient (Wildman–Crippen LogP) is 3.85. The highest BCUT2D eigenvalue weighted by Crippen LogP contribution is 2.13. The molecule has 4 heteroatoms. The van der Waals surface area contributed by atoms with Gasteiger partial charge in [-0.15, -0.1) is 0 Å². The highest BCUT2D eigenvalue weighted by molar-refractivity contribution is 5.77. The SMILES string of the molecule is CCOC(=O)CCN1CCC(C)=CCCCCCCCC1=O. The first-order valence-electron chi connectivity index (χ1n) is 8.72. The van der Waals surface area contributed by atoms with Gasteiger partial charge in [0.1, 0.15) is 0 Å². The Kier molecular flexibility index (Phi) is 9.60. The van der Waals surface area contributed by atoms with Crippen molar-refractivity contribution < 1.29 is 14.3 Å². The molecule has 126 valence electrons. The molecule has 0 N–H and O–H groups in total. The molecule has 0 aromatic carbocycles. The van der Waals surface area contributed by atoms with Crippen LogP contribution < -0.4 is 0 Å². The monoisotopic (exact) mass is 309 g/mol. The number of esters is 1. The molecule has 0 aromatic heterocycles. The maximum Gasteiger partial charge on any atom is 0.307 e. The standard InChI is InChI=1S/C18H31NO3/c1-3-22-18(21)13-15-19-14-12-16(2)10-8-6-4-5-7-9-11-17(19)20/h10H,3-9,11-15H2,1-2H3. The third-order valence-corrected chi connectivity index (χ3v) is 4.11. The fraction of sp³-hybridized carbons (Fsp3) is 0.778. The van der Waals surface area contributed by atoms with Crippen molar-refractivity contribution in [3.63, 3.8) is 0 Å². The quantitative estimate of drug-likeness (QED) is 0.585. The number of allylic oxidation sites excluding steroid dienone is 1. The van der Waals surface area contributed by atoms with E-state index in [1.54, 1.807) is 6.92 Å². The van der Waals surface area contributed by atoms with Crippen LogP contribution in [0.15, 0.2) is 11.6 Å². The highest BCUT2D eigenvalue weighted by atomic mass is 16.5. The lowest BCUT2D eigenvalue weighted by molar-refractivity contribution is -0.144. The molecule has 1 aliphatic rings. The highest BCUT2D eigenvalue weighted by Gasteiger charge is 2.15. The van der Waals surface area contributed by atoms with Crippen molar-refractivity contribution in [3.05, 3.63) is 11.6 Å². The van der Waals surface area contributed by atoms with Gasteiger partial charge in [-0.1, -0.05) is 30.9 Å². The van der Waals surface area contributed by atoms with Crippen LogP contribution in [-0.4, -0.2) is 36.5 Å². The molecule has 0 atom stereocenters. The zero-order valence-corrected chi connectivity index (χ0v) is 14.2. The van der Waals surface area contributed by atoms with Crippen molar-refractivity contribution in [3.8, 4) is 0 Å². The van der Waals surface area contributed by atoms with Gasteiger partial charge in [-0.25, -0.2) is 0 Å². The van der Waals surface area contributed by atoms with Crippen molar-refractivity contribution in [1.82, 2.24) is 4.90 Å². The topological polar surface area (TPSA) is 46.6 Å². The van der Waals surface area contributed by atoms with E-state index in [2.05, 4.69) is 13.0 Å². The van der Waals surface area contributed by atoms with Crippen LogP contribution >= 0.6 is 0 Å². The Morgan fingerprint density at radius 1 is 1.18 bits per heavy atom. The van der Waals surface area contributed by atoms with Crippen molar-refractivity contribution >= 4 is 11.9 Å². The number of carbonyl (C=O) groups is 2. The Labute approximate surface area is 134 Å². The first-order valence-corrected chi connectivity index (χ1v) is 8.72. The zero-order valence-electron chi connectivity index (χ0n) is 14.2. The lowest BCUT2D eigenvalue weighted by Gasteiger charge is -2.22. The summed E-state index contributed by atoms with van der Waals surface area (Å²) in [5.74, 6) is -0.0400. The van der Waals surface area contributed by atoms with Gasteiger partial charge in [-0.2, -0.15) is 0 Å². The average molecular weight is 309 g/mol. The number of carbonyl (C=O) groups excluding carboxylic acids is 2. The third-order valence-electron chi connectivity index (χ3n) is 4.11. The molecule has 1 rings (SSSR count). The molecule has 0 spiro atoms. The predicted molar refractivity (Wildman–Crippen MR) is 88.5 cm³/mol. The van der Waals surface area contributed by atoms with E-state index in [1.165, 1.54) is 24.8 Å². The minimum Gasteiger partial charge on any atom is -0.466 e. The van der Waals surface area contributed by atoms with Gasteiger partial charge < -0.3 is 9.64 Å². The van der Waals surface area contributed by atoms with Gasteiger partial charge >= 0.3 is 5.97 Å². The third kappa shape index (κ3) is 8.20. The zero-order chi connectivity index (χ0) is 16.2. The van der Waals surface area contributed by atoms with Crippen LogP contribution in [0.25, 0.3) is 0 Å². The summed E-state index contributed by atoms with van der Waals surface area (Å²) in [5.41, 5.74) is 1.34. The van der Waals surface area contributed by atoms with Crippen LogP contribution in [0.2, 0.25) is 0 Å². The molecule has 1 heterocycles. The number of amides is 1. The molecular weight excluding hydrogens is 278 g/mol. The lowest BCUT2D eigenvalue weighted by atomic mass is 10.1. The Morgan fingerprint density at radius 2 is 1.91 bits per heavy atom. The summed E-state index contributed by atoms with van der Waals surface area (Å²) in [6.07, 6.45) is 11.0. The summed E-state index contributed by atoms with van der Waals surface area (Å²) >= 11 is 0. The Morgan fingerprint density at radius 3 is 2.68 bits per heavy atom. The Hall–Kier alpha value is -1.32. The van der Waals surface area contributed by atoms with Gasteiger partial charge in [0.05, 0.1) is 13.0 Å². The van der Waals surface area contributed by atoms with E-state index >= 15 is 0 Å². The Balaban J connectivity index is 2.56. The molecule has 0 aliphatic carbocycles. The second kappa shape index (κ2) is 11.3. The maximum absolute atomic E-state index is 12.3. The Bertz CT molecular complexity index is 377. The number of ether oxygens (including phenoxy) is 1. The summed E-state index contributed by atoms with van der Waals surface area (Å²) in [6.45, 7) is 5.52. The summed E-state index contributed by atoms with van der Waals surface area (Å²) in [7, 11) is 0. The number of rotatable bonds is 4. The summed E-state index contributed by atoms with van der Waals surface area (Å²) in [6, 6.07) is 0. The van der Waals surface area contributed by atoms with E-state index < -0.39 is 0 Å². The second-order valence-electron chi connectivity index (χ2n) is 6.04. The fourth-order valence-corrected chi connectivity index (χ4v) is 2.69. The van der Waals surface area contributed by atoms with E-state index in [4.69, 9.17) is 4.74 Å². The van der Waals surface area contributed by atoms with Gasteiger partial charge in [-0.05, 0) is 39.5 Å². The summed E-state index contributed by atoms with van der Waals surface area (Å²) in [5, 5.41) is 0. The van der Waals surface area contributed by atoms with Gasteiger partial charge in [0.2, 0.25) is 5.91 Å². The van der Waals surface area contributed by atoms with Crippen molar-refractivity contribution in [2.24, 2.45) is 0 Å². The van der Waals surface area contributed by atoms with E-state index in [0.29, 0.717) is 32.5 Å². The summed E-state index contributed by atoms with van der Waals surface area (Å²) < 4.78 is 4.95. The van der Waals surface area contributed by atoms with E-state index in [0.717, 1.165) is 25.7 Å². The first-order chi connectivity index (χ1) is 10.6. The molecule has 0 unspecified atom stereocenters. The maximum atomic E-state index is 12.3. The van der Waals surface area contributed by atoms with Crippen LogP contribution in [-0.2, 0) is 14.3 Å². The average Bonchev–Trinajstić information content (AvgIpc) is 2.50. The molecule has 0 saturated carbocycles. The smallest absolute Gasteiger partial charge is 0.307 e. The normalized spacial score (nSPS) is 18.7. The van der Waals surface area contributed by atoms with Gasteiger partial charge in [0.15, 0.2) is 0 Å². The lowest BCUT2D eigenvalue weighted by Crippen LogP contribution is -2.34. The number of hydrogen-bond donors (Lipinski definition) is 0. The second-order valence-corrected chi connectivity index (χ2v) is 6.04. The van der Waals surface area contributed by atoms with E-state index in [9.17, 15) is 9.59 Å². The number of hydrogen-bond acceptors (Lipinski definition) is 3.